The molecule has 1 spiro atoms. The van der Waals surface area contributed by atoms with E-state index < -0.39 is 0 Å². The summed E-state index contributed by atoms with van der Waals surface area (Å²) < 4.78 is 5.30. The molecule has 2 aliphatic heterocycles. The van der Waals surface area contributed by atoms with Crippen molar-refractivity contribution in [3.8, 4) is 0 Å². The fourth-order valence-electron chi connectivity index (χ4n) is 6.07. The van der Waals surface area contributed by atoms with Crippen molar-refractivity contribution in [3.63, 3.8) is 0 Å². The first-order valence-electron chi connectivity index (χ1n) is 11.2. The Balaban J connectivity index is 1.67. The van der Waals surface area contributed by atoms with Gasteiger partial charge in [0, 0.05) is 36.4 Å². The molecule has 3 aliphatic rings. The third-order valence-corrected chi connectivity index (χ3v) is 7.57. The van der Waals surface area contributed by atoms with Crippen LogP contribution in [0.1, 0.15) is 37.3 Å². The third kappa shape index (κ3) is 2.96. The fraction of sp³-hybridized carbons (Fsp3) is 0.370. The van der Waals surface area contributed by atoms with Crippen LogP contribution < -0.4 is 5.32 Å². The van der Waals surface area contributed by atoms with Gasteiger partial charge in [0.05, 0.1) is 18.1 Å². The van der Waals surface area contributed by atoms with E-state index in [4.69, 9.17) is 4.74 Å². The van der Waals surface area contributed by atoms with E-state index in [9.17, 15) is 4.79 Å². The quantitative estimate of drug-likeness (QED) is 0.550. The Kier molecular flexibility index (Phi) is 4.98. The summed E-state index contributed by atoms with van der Waals surface area (Å²) in [7, 11) is 1.48. The van der Waals surface area contributed by atoms with Gasteiger partial charge in [-0.05, 0) is 36.5 Å². The number of nitrogens with zero attached hydrogens (tertiary/aromatic N) is 1. The van der Waals surface area contributed by atoms with Gasteiger partial charge in [0.25, 0.3) is 0 Å². The molecule has 0 bridgehead atoms. The number of rotatable bonds is 5. The number of fused-ring (bicyclic) bond motifs is 1. The maximum absolute atomic E-state index is 13.1. The second kappa shape index (κ2) is 7.69. The zero-order chi connectivity index (χ0) is 21.6. The predicted molar refractivity (Wildman–Crippen MR) is 124 cm³/mol. The third-order valence-electron chi connectivity index (χ3n) is 7.57. The average Bonchev–Trinajstić information content (AvgIpc) is 3.34. The molecule has 1 N–H and O–H groups in total. The highest BCUT2D eigenvalue weighted by Gasteiger charge is 2.60. The van der Waals surface area contributed by atoms with Crippen molar-refractivity contribution in [2.24, 2.45) is 5.92 Å². The van der Waals surface area contributed by atoms with E-state index in [0.29, 0.717) is 6.04 Å². The summed E-state index contributed by atoms with van der Waals surface area (Å²) in [5, 5.41) is 3.67. The Hall–Kier alpha value is -2.85. The second-order valence-electron chi connectivity index (χ2n) is 8.94. The largest absolute Gasteiger partial charge is 0.466 e. The van der Waals surface area contributed by atoms with E-state index >= 15 is 0 Å². The number of methoxy groups -OCH3 is 1. The van der Waals surface area contributed by atoms with Crippen LogP contribution in [0.2, 0.25) is 0 Å². The molecule has 2 heterocycles. The van der Waals surface area contributed by atoms with Crippen LogP contribution in [-0.2, 0) is 21.5 Å². The summed E-state index contributed by atoms with van der Waals surface area (Å²) >= 11 is 0. The van der Waals surface area contributed by atoms with Gasteiger partial charge in [-0.2, -0.15) is 0 Å². The van der Waals surface area contributed by atoms with E-state index in [1.807, 2.05) is 0 Å². The van der Waals surface area contributed by atoms with E-state index in [0.717, 1.165) is 54.9 Å². The average molecular weight is 415 g/mol. The summed E-state index contributed by atoms with van der Waals surface area (Å²) in [5.74, 6) is -0.224. The molecule has 0 radical (unpaired) electrons. The zero-order valence-electron chi connectivity index (χ0n) is 18.4. The molecule has 2 aromatic carbocycles. The Morgan fingerprint density at radius 1 is 1.19 bits per heavy atom. The van der Waals surface area contributed by atoms with Gasteiger partial charge in [-0.15, -0.1) is 0 Å². The number of ether oxygens (including phenoxy) is 1. The number of para-hydroxylation sites is 1. The van der Waals surface area contributed by atoms with Gasteiger partial charge >= 0.3 is 5.97 Å². The molecule has 3 atom stereocenters. The van der Waals surface area contributed by atoms with Gasteiger partial charge in [0.2, 0.25) is 0 Å². The smallest absolute Gasteiger partial charge is 0.336 e. The Morgan fingerprint density at radius 2 is 1.94 bits per heavy atom. The van der Waals surface area contributed by atoms with Crippen molar-refractivity contribution in [1.29, 1.82) is 0 Å². The standard InChI is InChI=1S/C27H30N2O2/c1-4-18(2)20-16-23-27(14-15-29(23)17-19-10-6-5-7-11-19)21-12-8-9-13-22(21)28-25(27)24(20)26(30)31-3/h5-13,20,23,28H,2,4,14-17H2,1,3H3/t20-,23+,27-/m0/s1. The number of hydrogen-bond acceptors (Lipinski definition) is 4. The number of likely N-dealkylation sites (tertiary alicyclic amines) is 1. The van der Waals surface area contributed by atoms with Crippen LogP contribution in [0, 0.1) is 5.92 Å². The minimum absolute atomic E-state index is 0.00348. The highest BCUT2D eigenvalue weighted by molar-refractivity contribution is 5.94. The molecule has 5 rings (SSSR count). The molecule has 4 heteroatoms. The number of carbonyl (C=O) groups is 1. The van der Waals surface area contributed by atoms with Crippen LogP contribution >= 0.6 is 0 Å². The molecule has 1 fully saturated rings. The Morgan fingerprint density at radius 3 is 2.68 bits per heavy atom. The second-order valence-corrected chi connectivity index (χ2v) is 8.94. The molecular formula is C27H30N2O2. The molecule has 31 heavy (non-hydrogen) atoms. The van der Waals surface area contributed by atoms with Gasteiger partial charge in [-0.25, -0.2) is 4.79 Å². The zero-order valence-corrected chi connectivity index (χ0v) is 18.4. The van der Waals surface area contributed by atoms with E-state index in [2.05, 4.69) is 78.3 Å². The monoisotopic (exact) mass is 414 g/mol. The van der Waals surface area contributed by atoms with Gasteiger partial charge in [0.15, 0.2) is 0 Å². The maximum Gasteiger partial charge on any atom is 0.336 e. The van der Waals surface area contributed by atoms with Gasteiger partial charge < -0.3 is 10.1 Å². The van der Waals surface area contributed by atoms with Crippen LogP contribution in [0.25, 0.3) is 0 Å². The summed E-state index contributed by atoms with van der Waals surface area (Å²) in [6, 6.07) is 19.5. The van der Waals surface area contributed by atoms with Crippen molar-refractivity contribution in [2.75, 3.05) is 19.0 Å². The summed E-state index contributed by atoms with van der Waals surface area (Å²) in [5.41, 5.74) is 6.50. The number of benzene rings is 2. The molecule has 1 saturated heterocycles. The molecule has 4 nitrogen and oxygen atoms in total. The lowest BCUT2D eigenvalue weighted by Gasteiger charge is -2.44. The van der Waals surface area contributed by atoms with Crippen molar-refractivity contribution < 1.29 is 9.53 Å². The maximum atomic E-state index is 13.1. The van der Waals surface area contributed by atoms with Crippen LogP contribution in [0.5, 0.6) is 0 Å². The number of carbonyl (C=O) groups excluding carboxylic acids is 1. The van der Waals surface area contributed by atoms with Crippen LogP contribution in [0.3, 0.4) is 0 Å². The number of esters is 1. The van der Waals surface area contributed by atoms with Gasteiger partial charge in [0.1, 0.15) is 0 Å². The molecule has 0 saturated carbocycles. The van der Waals surface area contributed by atoms with Crippen molar-refractivity contribution in [3.05, 3.63) is 89.1 Å². The van der Waals surface area contributed by atoms with Gasteiger partial charge in [-0.3, -0.25) is 4.90 Å². The minimum atomic E-state index is -0.228. The van der Waals surface area contributed by atoms with Crippen LogP contribution in [-0.4, -0.2) is 30.6 Å². The summed E-state index contributed by atoms with van der Waals surface area (Å²) in [4.78, 5) is 15.7. The predicted octanol–water partition coefficient (Wildman–Crippen LogP) is 5.04. The molecular weight excluding hydrogens is 384 g/mol. The van der Waals surface area contributed by atoms with E-state index in [1.54, 1.807) is 0 Å². The van der Waals surface area contributed by atoms with Crippen molar-refractivity contribution in [1.82, 2.24) is 4.90 Å². The lowest BCUT2D eigenvalue weighted by molar-refractivity contribution is -0.137. The SMILES string of the molecule is C=C(CC)[C@@H]1C[C@H]2N(Cc3ccccc3)CC[C@@]23C(=C1C(=O)OC)Nc1ccccc13. The number of anilines is 1. The molecule has 0 aromatic heterocycles. The first-order valence-corrected chi connectivity index (χ1v) is 11.2. The van der Waals surface area contributed by atoms with Crippen LogP contribution in [0.15, 0.2) is 78.0 Å². The van der Waals surface area contributed by atoms with E-state index in [1.165, 1.54) is 18.2 Å². The molecule has 0 amide bonds. The molecule has 160 valence electrons. The molecule has 1 aliphatic carbocycles. The topological polar surface area (TPSA) is 41.6 Å². The first kappa shape index (κ1) is 20.1. The minimum Gasteiger partial charge on any atom is -0.466 e. The summed E-state index contributed by atoms with van der Waals surface area (Å²) in [6.45, 7) is 8.40. The lowest BCUT2D eigenvalue weighted by atomic mass is 9.63. The van der Waals surface area contributed by atoms with E-state index in [-0.39, 0.29) is 17.3 Å². The van der Waals surface area contributed by atoms with Crippen molar-refractivity contribution >= 4 is 11.7 Å². The number of hydrogen-bond donors (Lipinski definition) is 1. The highest BCUT2D eigenvalue weighted by Crippen LogP contribution is 2.59. The van der Waals surface area contributed by atoms with Crippen molar-refractivity contribution in [2.45, 2.75) is 44.2 Å². The highest BCUT2D eigenvalue weighted by atomic mass is 16.5. The molecule has 0 unspecified atom stereocenters. The Labute approximate surface area is 184 Å². The summed E-state index contributed by atoms with van der Waals surface area (Å²) in [6.07, 6.45) is 2.74. The van der Waals surface area contributed by atoms with Gasteiger partial charge in [-0.1, -0.05) is 67.6 Å². The Bertz CT molecular complexity index is 1060. The first-order chi connectivity index (χ1) is 15.1. The van der Waals surface area contributed by atoms with Crippen LogP contribution in [0.4, 0.5) is 5.69 Å². The lowest BCUT2D eigenvalue weighted by Crippen LogP contribution is -2.49. The number of allylic oxidation sites excluding steroid dienone is 1. The number of nitrogens with one attached hydrogen (secondary N) is 1. The molecule has 2 aromatic rings. The fourth-order valence-corrected chi connectivity index (χ4v) is 6.07. The normalized spacial score (nSPS) is 26.6.